The van der Waals surface area contributed by atoms with E-state index in [0.29, 0.717) is 17.5 Å². The van der Waals surface area contributed by atoms with Crippen molar-refractivity contribution in [2.45, 2.75) is 70.9 Å². The van der Waals surface area contributed by atoms with Crippen LogP contribution in [0.4, 0.5) is 0 Å². The van der Waals surface area contributed by atoms with E-state index in [0.717, 1.165) is 5.96 Å². The minimum atomic E-state index is 0. The van der Waals surface area contributed by atoms with Gasteiger partial charge in [0.25, 0.3) is 0 Å². The molecule has 0 aliphatic heterocycles. The second-order valence-corrected chi connectivity index (χ2v) is 6.43. The molecule has 0 aromatic rings. The number of nitrogens with zero attached hydrogens (tertiary/aromatic N) is 1. The molecule has 0 spiro atoms. The van der Waals surface area contributed by atoms with Crippen molar-refractivity contribution in [1.82, 2.24) is 10.6 Å². The Hall–Kier alpha value is 0. The molecular formula is C14H28IN3. The Morgan fingerprint density at radius 3 is 1.89 bits per heavy atom. The number of hydrogen-bond donors (Lipinski definition) is 2. The fourth-order valence-electron chi connectivity index (χ4n) is 2.65. The highest BCUT2D eigenvalue weighted by atomic mass is 127. The van der Waals surface area contributed by atoms with Crippen molar-refractivity contribution in [3.63, 3.8) is 0 Å². The number of hydrogen-bond acceptors (Lipinski definition) is 1. The Labute approximate surface area is 129 Å². The predicted octanol–water partition coefficient (Wildman–Crippen LogP) is 3.29. The molecule has 2 aliphatic carbocycles. The summed E-state index contributed by atoms with van der Waals surface area (Å²) in [5, 5.41) is 7.09. The second-order valence-electron chi connectivity index (χ2n) is 6.43. The van der Waals surface area contributed by atoms with Gasteiger partial charge in [-0.05, 0) is 50.4 Å². The van der Waals surface area contributed by atoms with Gasteiger partial charge < -0.3 is 10.6 Å². The van der Waals surface area contributed by atoms with E-state index in [4.69, 9.17) is 0 Å². The molecular weight excluding hydrogens is 337 g/mol. The van der Waals surface area contributed by atoms with Gasteiger partial charge in [-0.2, -0.15) is 0 Å². The lowest BCUT2D eigenvalue weighted by Crippen LogP contribution is -2.50. The van der Waals surface area contributed by atoms with E-state index in [1.165, 1.54) is 44.9 Å². The van der Waals surface area contributed by atoms with Crippen LogP contribution in [0, 0.1) is 5.41 Å². The van der Waals surface area contributed by atoms with Gasteiger partial charge in [0, 0.05) is 19.1 Å². The first kappa shape index (κ1) is 16.1. The number of nitrogens with one attached hydrogen (secondary N) is 2. The zero-order valence-corrected chi connectivity index (χ0v) is 14.3. The molecule has 18 heavy (non-hydrogen) atoms. The molecule has 2 saturated carbocycles. The Morgan fingerprint density at radius 2 is 1.50 bits per heavy atom. The third kappa shape index (κ3) is 4.59. The molecule has 3 nitrogen and oxygen atoms in total. The SMILES string of the molecule is CN=C(NC1CCC1)NC1CCC(C)(C)CC1.I. The molecule has 0 radical (unpaired) electrons. The molecule has 2 rings (SSSR count). The van der Waals surface area contributed by atoms with Gasteiger partial charge in [-0.25, -0.2) is 0 Å². The summed E-state index contributed by atoms with van der Waals surface area (Å²) in [6.07, 6.45) is 9.18. The van der Waals surface area contributed by atoms with Crippen molar-refractivity contribution in [2.75, 3.05) is 7.05 Å². The summed E-state index contributed by atoms with van der Waals surface area (Å²) < 4.78 is 0. The fraction of sp³-hybridized carbons (Fsp3) is 0.929. The fourth-order valence-corrected chi connectivity index (χ4v) is 2.65. The highest BCUT2D eigenvalue weighted by molar-refractivity contribution is 14.0. The van der Waals surface area contributed by atoms with E-state index in [1.807, 2.05) is 7.05 Å². The van der Waals surface area contributed by atoms with Crippen LogP contribution in [0.15, 0.2) is 4.99 Å². The van der Waals surface area contributed by atoms with E-state index < -0.39 is 0 Å². The average Bonchev–Trinajstić information content (AvgIpc) is 2.24. The lowest BCUT2D eigenvalue weighted by Gasteiger charge is -2.36. The first-order valence-corrected chi connectivity index (χ1v) is 7.09. The third-order valence-electron chi connectivity index (χ3n) is 4.35. The Bertz CT molecular complexity index is 275. The van der Waals surface area contributed by atoms with Gasteiger partial charge in [-0.3, -0.25) is 4.99 Å². The van der Waals surface area contributed by atoms with Gasteiger partial charge in [0.2, 0.25) is 0 Å². The van der Waals surface area contributed by atoms with Crippen LogP contribution in [0.25, 0.3) is 0 Å². The van der Waals surface area contributed by atoms with Crippen LogP contribution in [-0.4, -0.2) is 25.1 Å². The molecule has 0 heterocycles. The molecule has 0 aromatic carbocycles. The van der Waals surface area contributed by atoms with Crippen molar-refractivity contribution >= 4 is 29.9 Å². The molecule has 0 saturated heterocycles. The molecule has 0 bridgehead atoms. The number of halogens is 1. The standard InChI is InChI=1S/C14H27N3.HI/c1-14(2)9-7-12(8-10-14)17-13(15-3)16-11-5-4-6-11;/h11-12H,4-10H2,1-3H3,(H2,15,16,17);1H. The lowest BCUT2D eigenvalue weighted by atomic mass is 9.75. The minimum absolute atomic E-state index is 0. The van der Waals surface area contributed by atoms with E-state index in [-0.39, 0.29) is 24.0 Å². The number of rotatable bonds is 2. The van der Waals surface area contributed by atoms with Gasteiger partial charge in [0.15, 0.2) is 5.96 Å². The van der Waals surface area contributed by atoms with Crippen LogP contribution in [0.3, 0.4) is 0 Å². The maximum Gasteiger partial charge on any atom is 0.191 e. The molecule has 106 valence electrons. The van der Waals surface area contributed by atoms with Crippen LogP contribution in [0.5, 0.6) is 0 Å². The maximum absolute atomic E-state index is 4.33. The molecule has 2 N–H and O–H groups in total. The van der Waals surface area contributed by atoms with Gasteiger partial charge in [-0.15, -0.1) is 24.0 Å². The lowest BCUT2D eigenvalue weighted by molar-refractivity contribution is 0.216. The van der Waals surface area contributed by atoms with Crippen LogP contribution in [0.1, 0.15) is 58.8 Å². The second kappa shape index (κ2) is 6.96. The van der Waals surface area contributed by atoms with Gasteiger partial charge in [0.1, 0.15) is 0 Å². The molecule has 0 amide bonds. The van der Waals surface area contributed by atoms with Crippen LogP contribution in [-0.2, 0) is 0 Å². The Morgan fingerprint density at radius 1 is 1.00 bits per heavy atom. The molecule has 0 aromatic heterocycles. The van der Waals surface area contributed by atoms with Crippen molar-refractivity contribution in [3.05, 3.63) is 0 Å². The van der Waals surface area contributed by atoms with E-state index in [2.05, 4.69) is 29.5 Å². The highest BCUT2D eigenvalue weighted by Gasteiger charge is 2.27. The Kier molecular flexibility index (Phi) is 6.21. The quantitative estimate of drug-likeness (QED) is 0.448. The summed E-state index contributed by atoms with van der Waals surface area (Å²) in [4.78, 5) is 4.33. The van der Waals surface area contributed by atoms with Crippen molar-refractivity contribution in [2.24, 2.45) is 10.4 Å². The molecule has 2 aliphatic rings. The first-order valence-electron chi connectivity index (χ1n) is 7.09. The van der Waals surface area contributed by atoms with Crippen LogP contribution < -0.4 is 10.6 Å². The summed E-state index contributed by atoms with van der Waals surface area (Å²) in [5.41, 5.74) is 0.545. The zero-order chi connectivity index (χ0) is 12.3. The average molecular weight is 365 g/mol. The zero-order valence-electron chi connectivity index (χ0n) is 12.0. The summed E-state index contributed by atoms with van der Waals surface area (Å²) in [6, 6.07) is 1.29. The Balaban J connectivity index is 0.00000162. The van der Waals surface area contributed by atoms with E-state index >= 15 is 0 Å². The molecule has 0 unspecified atom stereocenters. The highest BCUT2D eigenvalue weighted by Crippen LogP contribution is 2.34. The van der Waals surface area contributed by atoms with Gasteiger partial charge in [0.05, 0.1) is 0 Å². The molecule has 4 heteroatoms. The summed E-state index contributed by atoms with van der Waals surface area (Å²) in [6.45, 7) is 4.76. The summed E-state index contributed by atoms with van der Waals surface area (Å²) in [7, 11) is 1.88. The number of aliphatic imine (C=N–C) groups is 1. The van der Waals surface area contributed by atoms with Crippen molar-refractivity contribution < 1.29 is 0 Å². The van der Waals surface area contributed by atoms with Gasteiger partial charge in [-0.1, -0.05) is 13.8 Å². The van der Waals surface area contributed by atoms with Crippen molar-refractivity contribution in [3.8, 4) is 0 Å². The molecule has 0 atom stereocenters. The number of guanidine groups is 1. The normalized spacial score (nSPS) is 24.9. The summed E-state index contributed by atoms with van der Waals surface area (Å²) >= 11 is 0. The third-order valence-corrected chi connectivity index (χ3v) is 4.35. The van der Waals surface area contributed by atoms with Crippen LogP contribution in [0.2, 0.25) is 0 Å². The van der Waals surface area contributed by atoms with Crippen molar-refractivity contribution in [1.29, 1.82) is 0 Å². The topological polar surface area (TPSA) is 36.4 Å². The largest absolute Gasteiger partial charge is 0.354 e. The van der Waals surface area contributed by atoms with Gasteiger partial charge >= 0.3 is 0 Å². The minimum Gasteiger partial charge on any atom is -0.354 e. The smallest absolute Gasteiger partial charge is 0.191 e. The summed E-state index contributed by atoms with van der Waals surface area (Å²) in [5.74, 6) is 1.01. The monoisotopic (exact) mass is 365 g/mol. The predicted molar refractivity (Wildman–Crippen MR) is 88.7 cm³/mol. The van der Waals surface area contributed by atoms with Crippen LogP contribution >= 0.6 is 24.0 Å². The van der Waals surface area contributed by atoms with E-state index in [9.17, 15) is 0 Å². The van der Waals surface area contributed by atoms with E-state index in [1.54, 1.807) is 0 Å². The molecule has 2 fully saturated rings. The maximum atomic E-state index is 4.33. The first-order chi connectivity index (χ1) is 8.09.